The highest BCUT2D eigenvalue weighted by molar-refractivity contribution is 5.77. The highest BCUT2D eigenvalue weighted by Crippen LogP contribution is 2.13. The van der Waals surface area contributed by atoms with Gasteiger partial charge in [0.1, 0.15) is 11.6 Å². The second kappa shape index (κ2) is 6.74. The molecule has 2 aromatic heterocycles. The Balaban J connectivity index is 1.43. The molecular weight excluding hydrogens is 282 g/mol. The van der Waals surface area contributed by atoms with Gasteiger partial charge in [0.15, 0.2) is 5.82 Å². The van der Waals surface area contributed by atoms with Gasteiger partial charge in [-0.15, -0.1) is 0 Å². The summed E-state index contributed by atoms with van der Waals surface area (Å²) < 4.78 is 7.14. The van der Waals surface area contributed by atoms with Crippen molar-refractivity contribution >= 4 is 5.91 Å². The first-order valence-corrected chi connectivity index (χ1v) is 7.69. The summed E-state index contributed by atoms with van der Waals surface area (Å²) in [6.45, 7) is 3.55. The zero-order valence-corrected chi connectivity index (χ0v) is 12.7. The molecule has 0 aliphatic carbocycles. The van der Waals surface area contributed by atoms with Crippen molar-refractivity contribution in [2.75, 3.05) is 6.54 Å². The van der Waals surface area contributed by atoms with Gasteiger partial charge in [-0.2, -0.15) is 5.10 Å². The SMILES string of the molecule is CCc1nc2n(n1)C[C@H](NCC(=O)NCc1ccco1)CC2. The van der Waals surface area contributed by atoms with Crippen LogP contribution in [0.4, 0.5) is 0 Å². The molecule has 3 rings (SSSR count). The highest BCUT2D eigenvalue weighted by atomic mass is 16.3. The molecule has 3 heterocycles. The molecule has 0 aromatic carbocycles. The summed E-state index contributed by atoms with van der Waals surface area (Å²) >= 11 is 0. The van der Waals surface area contributed by atoms with Crippen molar-refractivity contribution in [3.8, 4) is 0 Å². The van der Waals surface area contributed by atoms with Crippen LogP contribution in [0, 0.1) is 0 Å². The Morgan fingerprint density at radius 1 is 1.55 bits per heavy atom. The number of fused-ring (bicyclic) bond motifs is 1. The van der Waals surface area contributed by atoms with Crippen LogP contribution in [0.2, 0.25) is 0 Å². The summed E-state index contributed by atoms with van der Waals surface area (Å²) in [6.07, 6.45) is 4.33. The fraction of sp³-hybridized carbons (Fsp3) is 0.533. The van der Waals surface area contributed by atoms with Crippen molar-refractivity contribution in [1.29, 1.82) is 0 Å². The van der Waals surface area contributed by atoms with Gasteiger partial charge in [-0.05, 0) is 18.6 Å². The number of nitrogens with one attached hydrogen (secondary N) is 2. The molecule has 0 saturated heterocycles. The maximum atomic E-state index is 11.8. The quantitative estimate of drug-likeness (QED) is 0.818. The maximum Gasteiger partial charge on any atom is 0.234 e. The lowest BCUT2D eigenvalue weighted by Crippen LogP contribution is -2.43. The number of rotatable bonds is 6. The van der Waals surface area contributed by atoms with Gasteiger partial charge in [0, 0.05) is 18.9 Å². The number of hydrogen-bond acceptors (Lipinski definition) is 5. The van der Waals surface area contributed by atoms with Crippen molar-refractivity contribution in [1.82, 2.24) is 25.4 Å². The van der Waals surface area contributed by atoms with Crippen LogP contribution < -0.4 is 10.6 Å². The third kappa shape index (κ3) is 3.54. The predicted molar refractivity (Wildman–Crippen MR) is 80.1 cm³/mol. The Morgan fingerprint density at radius 2 is 2.45 bits per heavy atom. The standard InChI is InChI=1S/C15H21N5O2/c1-2-13-18-14-6-5-11(10-20(14)19-13)16-9-15(21)17-8-12-4-3-7-22-12/h3-4,7,11,16H,2,5-6,8-10H2,1H3,(H,17,21)/t11-/m1/s1. The van der Waals surface area contributed by atoms with Crippen molar-refractivity contribution in [2.24, 2.45) is 0 Å². The third-order valence-corrected chi connectivity index (χ3v) is 3.81. The first kappa shape index (κ1) is 14.8. The van der Waals surface area contributed by atoms with Crippen molar-refractivity contribution < 1.29 is 9.21 Å². The minimum Gasteiger partial charge on any atom is -0.467 e. The van der Waals surface area contributed by atoms with E-state index in [0.717, 1.165) is 43.2 Å². The summed E-state index contributed by atoms with van der Waals surface area (Å²) in [5, 5.41) is 10.6. The molecule has 2 aromatic rings. The molecule has 0 bridgehead atoms. The number of furan rings is 1. The lowest BCUT2D eigenvalue weighted by atomic mass is 10.1. The highest BCUT2D eigenvalue weighted by Gasteiger charge is 2.21. The van der Waals surface area contributed by atoms with E-state index in [1.807, 2.05) is 16.8 Å². The molecular formula is C15H21N5O2. The molecule has 22 heavy (non-hydrogen) atoms. The van der Waals surface area contributed by atoms with E-state index in [9.17, 15) is 4.79 Å². The van der Waals surface area contributed by atoms with E-state index in [1.165, 1.54) is 0 Å². The molecule has 0 unspecified atom stereocenters. The van der Waals surface area contributed by atoms with Gasteiger partial charge in [-0.3, -0.25) is 4.79 Å². The van der Waals surface area contributed by atoms with Crippen molar-refractivity contribution in [2.45, 2.75) is 45.3 Å². The summed E-state index contributed by atoms with van der Waals surface area (Å²) in [6, 6.07) is 3.90. The molecule has 1 atom stereocenters. The number of carbonyl (C=O) groups excluding carboxylic acids is 1. The van der Waals surface area contributed by atoms with E-state index in [2.05, 4.69) is 27.6 Å². The fourth-order valence-electron chi connectivity index (χ4n) is 2.58. The third-order valence-electron chi connectivity index (χ3n) is 3.81. The van der Waals surface area contributed by atoms with E-state index in [0.29, 0.717) is 13.1 Å². The molecule has 118 valence electrons. The number of hydrogen-bond donors (Lipinski definition) is 2. The van der Waals surface area contributed by atoms with Gasteiger partial charge in [0.2, 0.25) is 5.91 Å². The van der Waals surface area contributed by atoms with E-state index < -0.39 is 0 Å². The van der Waals surface area contributed by atoms with Gasteiger partial charge in [0.25, 0.3) is 0 Å². The van der Waals surface area contributed by atoms with Crippen molar-refractivity contribution in [3.05, 3.63) is 35.8 Å². The van der Waals surface area contributed by atoms with Crippen LogP contribution in [0.5, 0.6) is 0 Å². The topological polar surface area (TPSA) is 85.0 Å². The van der Waals surface area contributed by atoms with Crippen LogP contribution >= 0.6 is 0 Å². The molecule has 1 amide bonds. The Labute approximate surface area is 129 Å². The summed E-state index contributed by atoms with van der Waals surface area (Å²) in [7, 11) is 0. The second-order valence-corrected chi connectivity index (χ2v) is 5.45. The zero-order valence-electron chi connectivity index (χ0n) is 12.7. The molecule has 0 saturated carbocycles. The number of amides is 1. The van der Waals surface area contributed by atoms with Gasteiger partial charge in [-0.25, -0.2) is 9.67 Å². The molecule has 7 heteroatoms. The molecule has 2 N–H and O–H groups in total. The summed E-state index contributed by atoms with van der Waals surface area (Å²) in [4.78, 5) is 16.3. The first-order valence-electron chi connectivity index (χ1n) is 7.69. The van der Waals surface area contributed by atoms with Crippen LogP contribution in [0.1, 0.15) is 30.8 Å². The largest absolute Gasteiger partial charge is 0.467 e. The zero-order chi connectivity index (χ0) is 15.4. The van der Waals surface area contributed by atoms with E-state index in [4.69, 9.17) is 4.42 Å². The molecule has 1 aliphatic rings. The smallest absolute Gasteiger partial charge is 0.234 e. The summed E-state index contributed by atoms with van der Waals surface area (Å²) in [5.74, 6) is 2.67. The average Bonchev–Trinajstić information content (AvgIpc) is 3.19. The normalized spacial score (nSPS) is 17.2. The average molecular weight is 303 g/mol. The predicted octanol–water partition coefficient (Wildman–Crippen LogP) is 0.654. The minimum absolute atomic E-state index is 0.0324. The number of aryl methyl sites for hydroxylation is 2. The van der Waals surface area contributed by atoms with E-state index in [1.54, 1.807) is 6.26 Å². The molecule has 7 nitrogen and oxygen atoms in total. The van der Waals surface area contributed by atoms with E-state index in [-0.39, 0.29) is 11.9 Å². The Morgan fingerprint density at radius 3 is 3.23 bits per heavy atom. The maximum absolute atomic E-state index is 11.8. The Bertz CT molecular complexity index is 620. The van der Waals surface area contributed by atoms with Crippen LogP contribution in [0.3, 0.4) is 0 Å². The first-order chi connectivity index (χ1) is 10.7. The van der Waals surface area contributed by atoms with Gasteiger partial charge in [-0.1, -0.05) is 6.92 Å². The Hall–Kier alpha value is -2.15. The molecule has 0 fully saturated rings. The fourth-order valence-corrected chi connectivity index (χ4v) is 2.58. The van der Waals surface area contributed by atoms with Gasteiger partial charge >= 0.3 is 0 Å². The summed E-state index contributed by atoms with van der Waals surface area (Å²) in [5.41, 5.74) is 0. The van der Waals surface area contributed by atoms with Gasteiger partial charge in [0.05, 0.1) is 25.9 Å². The van der Waals surface area contributed by atoms with E-state index >= 15 is 0 Å². The molecule has 0 spiro atoms. The number of aromatic nitrogens is 3. The van der Waals surface area contributed by atoms with Crippen LogP contribution in [-0.4, -0.2) is 33.3 Å². The minimum atomic E-state index is -0.0324. The lowest BCUT2D eigenvalue weighted by molar-refractivity contribution is -0.120. The number of nitrogens with zero attached hydrogens (tertiary/aromatic N) is 3. The second-order valence-electron chi connectivity index (χ2n) is 5.45. The molecule has 1 aliphatic heterocycles. The van der Waals surface area contributed by atoms with Crippen LogP contribution in [0.25, 0.3) is 0 Å². The van der Waals surface area contributed by atoms with Gasteiger partial charge < -0.3 is 15.1 Å². The molecule has 0 radical (unpaired) electrons. The monoisotopic (exact) mass is 303 g/mol. The van der Waals surface area contributed by atoms with Crippen LogP contribution in [-0.2, 0) is 30.7 Å². The number of carbonyl (C=O) groups is 1. The Kier molecular flexibility index (Phi) is 4.53. The van der Waals surface area contributed by atoms with Crippen molar-refractivity contribution in [3.63, 3.8) is 0 Å². The lowest BCUT2D eigenvalue weighted by Gasteiger charge is -2.23. The van der Waals surface area contributed by atoms with Crippen LogP contribution in [0.15, 0.2) is 22.8 Å².